The second-order valence-corrected chi connectivity index (χ2v) is 7.03. The molecule has 0 saturated carbocycles. The van der Waals surface area contributed by atoms with Crippen molar-refractivity contribution < 1.29 is 4.79 Å². The van der Waals surface area contributed by atoms with Gasteiger partial charge in [-0.05, 0) is 30.2 Å². The molecule has 4 rings (SSSR count). The van der Waals surface area contributed by atoms with Gasteiger partial charge in [0.1, 0.15) is 0 Å². The van der Waals surface area contributed by atoms with Crippen LogP contribution in [-0.4, -0.2) is 16.7 Å². The van der Waals surface area contributed by atoms with E-state index in [9.17, 15) is 4.79 Å². The Morgan fingerprint density at radius 3 is 2.14 bits per heavy atom. The minimum absolute atomic E-state index is 0.101. The predicted octanol–water partition coefficient (Wildman–Crippen LogP) is 5.39. The number of fused-ring (bicyclic) bond motifs is 3. The molecule has 4 nitrogen and oxygen atoms in total. The smallest absolute Gasteiger partial charge is 0.241 e. The number of hydrogen-bond donors (Lipinski definition) is 1. The summed E-state index contributed by atoms with van der Waals surface area (Å²) in [5.74, 6) is -0.101. The Balaban J connectivity index is 1.42. The van der Waals surface area contributed by atoms with E-state index in [1.165, 1.54) is 10.8 Å². The highest BCUT2D eigenvalue weighted by Crippen LogP contribution is 2.28. The first kappa shape index (κ1) is 18.7. The van der Waals surface area contributed by atoms with Crippen molar-refractivity contribution in [2.24, 2.45) is 5.10 Å². The van der Waals surface area contributed by atoms with Crippen LogP contribution in [0.3, 0.4) is 0 Å². The summed E-state index contributed by atoms with van der Waals surface area (Å²) >= 11 is 0. The van der Waals surface area contributed by atoms with E-state index in [4.69, 9.17) is 0 Å². The largest absolute Gasteiger partial charge is 0.340 e. The van der Waals surface area contributed by atoms with Crippen molar-refractivity contribution in [3.63, 3.8) is 0 Å². The molecule has 0 aliphatic rings. The summed E-state index contributed by atoms with van der Waals surface area (Å²) in [6, 6.07) is 26.6. The molecule has 0 aliphatic carbocycles. The number of carbonyl (C=O) groups excluding carboxylic acids is 1. The second kappa shape index (κ2) is 8.57. The molecule has 4 heteroatoms. The maximum absolute atomic E-state index is 12.3. The standard InChI is InChI=1S/C25H23N3O/c1-19(17-20-9-3-2-4-10-20)18-26-27-25(29)15-16-28-23-13-7-5-11-21(23)22-12-6-8-14-24(22)28/h2-14,17-18H,15-16H2,1H3,(H,27,29)/b19-17+,26-18-. The number of nitrogens with one attached hydrogen (secondary N) is 1. The number of rotatable bonds is 6. The van der Waals surface area contributed by atoms with Gasteiger partial charge >= 0.3 is 0 Å². The first-order valence-corrected chi connectivity index (χ1v) is 9.73. The molecule has 1 heterocycles. The normalized spacial score (nSPS) is 12.1. The number of allylic oxidation sites excluding steroid dienone is 1. The van der Waals surface area contributed by atoms with Crippen LogP contribution in [0.15, 0.2) is 89.5 Å². The van der Waals surface area contributed by atoms with Crippen molar-refractivity contribution in [3.05, 3.63) is 90.0 Å². The second-order valence-electron chi connectivity index (χ2n) is 7.03. The number of para-hydroxylation sites is 2. The SMILES string of the molecule is CC(/C=N\NC(=O)CCn1c2ccccc2c2ccccc21)=C\c1ccccc1. The molecule has 0 atom stereocenters. The molecule has 0 spiro atoms. The maximum atomic E-state index is 12.3. The molecule has 144 valence electrons. The molecule has 0 unspecified atom stereocenters. The molecule has 1 N–H and O–H groups in total. The lowest BCUT2D eigenvalue weighted by atomic mass is 10.1. The molecule has 0 aliphatic heterocycles. The zero-order valence-corrected chi connectivity index (χ0v) is 16.4. The molecule has 1 aromatic heterocycles. The summed E-state index contributed by atoms with van der Waals surface area (Å²) in [5, 5.41) is 6.51. The molecule has 0 saturated heterocycles. The minimum Gasteiger partial charge on any atom is -0.340 e. The Morgan fingerprint density at radius 1 is 0.897 bits per heavy atom. The molecule has 4 aromatic rings. The van der Waals surface area contributed by atoms with Gasteiger partial charge in [0.25, 0.3) is 0 Å². The van der Waals surface area contributed by atoms with Crippen LogP contribution in [0, 0.1) is 0 Å². The van der Waals surface area contributed by atoms with Crippen LogP contribution in [0.2, 0.25) is 0 Å². The topological polar surface area (TPSA) is 46.4 Å². The third-order valence-corrected chi connectivity index (χ3v) is 4.89. The Morgan fingerprint density at radius 2 is 1.48 bits per heavy atom. The van der Waals surface area contributed by atoms with Crippen molar-refractivity contribution in [3.8, 4) is 0 Å². The van der Waals surface area contributed by atoms with E-state index in [2.05, 4.69) is 39.4 Å². The fourth-order valence-electron chi connectivity index (χ4n) is 3.57. The fraction of sp³-hybridized carbons (Fsp3) is 0.120. The highest BCUT2D eigenvalue weighted by Gasteiger charge is 2.10. The zero-order chi connectivity index (χ0) is 20.1. The third-order valence-electron chi connectivity index (χ3n) is 4.89. The average molecular weight is 381 g/mol. The van der Waals surface area contributed by atoms with E-state index in [1.54, 1.807) is 6.21 Å². The van der Waals surface area contributed by atoms with Gasteiger partial charge in [-0.15, -0.1) is 0 Å². The summed E-state index contributed by atoms with van der Waals surface area (Å²) in [4.78, 5) is 12.3. The quantitative estimate of drug-likeness (QED) is 0.353. The van der Waals surface area contributed by atoms with Gasteiger partial charge in [-0.1, -0.05) is 72.8 Å². The summed E-state index contributed by atoms with van der Waals surface area (Å²) < 4.78 is 2.20. The van der Waals surface area contributed by atoms with E-state index in [0.29, 0.717) is 13.0 Å². The Labute approximate surface area is 170 Å². The first-order chi connectivity index (χ1) is 14.2. The number of benzene rings is 3. The lowest BCUT2D eigenvalue weighted by molar-refractivity contribution is -0.121. The molecular formula is C25H23N3O. The van der Waals surface area contributed by atoms with Gasteiger partial charge in [0.05, 0.1) is 6.21 Å². The van der Waals surface area contributed by atoms with Crippen LogP contribution in [0.4, 0.5) is 0 Å². The van der Waals surface area contributed by atoms with Gasteiger partial charge in [-0.3, -0.25) is 4.79 Å². The zero-order valence-electron chi connectivity index (χ0n) is 16.4. The van der Waals surface area contributed by atoms with Crippen molar-refractivity contribution in [2.75, 3.05) is 0 Å². The predicted molar refractivity (Wildman–Crippen MR) is 121 cm³/mol. The lowest BCUT2D eigenvalue weighted by Crippen LogP contribution is -2.19. The fourth-order valence-corrected chi connectivity index (χ4v) is 3.57. The molecule has 0 bridgehead atoms. The number of nitrogens with zero attached hydrogens (tertiary/aromatic N) is 2. The summed E-state index contributed by atoms with van der Waals surface area (Å²) in [6.07, 6.45) is 4.06. The summed E-state index contributed by atoms with van der Waals surface area (Å²) in [7, 11) is 0. The van der Waals surface area contributed by atoms with Crippen LogP contribution >= 0.6 is 0 Å². The van der Waals surface area contributed by atoms with E-state index in [1.807, 2.05) is 67.6 Å². The van der Waals surface area contributed by atoms with E-state index < -0.39 is 0 Å². The van der Waals surface area contributed by atoms with Crippen LogP contribution in [0.5, 0.6) is 0 Å². The highest BCUT2D eigenvalue weighted by molar-refractivity contribution is 6.08. The Hall–Kier alpha value is -3.66. The van der Waals surface area contributed by atoms with Crippen molar-refractivity contribution >= 4 is 40.0 Å². The molecular weight excluding hydrogens is 358 g/mol. The first-order valence-electron chi connectivity index (χ1n) is 9.73. The van der Waals surface area contributed by atoms with Crippen LogP contribution < -0.4 is 5.43 Å². The summed E-state index contributed by atoms with van der Waals surface area (Å²) in [6.45, 7) is 2.56. The van der Waals surface area contributed by atoms with Crippen LogP contribution in [0.25, 0.3) is 27.9 Å². The number of amides is 1. The van der Waals surface area contributed by atoms with Gasteiger partial charge < -0.3 is 4.57 Å². The van der Waals surface area contributed by atoms with Crippen LogP contribution in [-0.2, 0) is 11.3 Å². The summed E-state index contributed by atoms with van der Waals surface area (Å²) in [5.41, 5.74) is 7.00. The minimum atomic E-state index is -0.101. The number of aryl methyl sites for hydroxylation is 1. The number of carbonyl (C=O) groups is 1. The average Bonchev–Trinajstić information content (AvgIpc) is 3.07. The third kappa shape index (κ3) is 4.27. The molecule has 3 aromatic carbocycles. The van der Waals surface area contributed by atoms with Gasteiger partial charge in [0.15, 0.2) is 0 Å². The number of hydrogen-bond acceptors (Lipinski definition) is 2. The maximum Gasteiger partial charge on any atom is 0.241 e. The monoisotopic (exact) mass is 381 g/mol. The number of hydrazone groups is 1. The van der Waals surface area contributed by atoms with Crippen molar-refractivity contribution in [1.82, 2.24) is 9.99 Å². The van der Waals surface area contributed by atoms with Crippen molar-refractivity contribution in [1.29, 1.82) is 0 Å². The molecule has 0 radical (unpaired) electrons. The Bertz CT molecular complexity index is 1150. The van der Waals surface area contributed by atoms with E-state index in [-0.39, 0.29) is 5.91 Å². The highest BCUT2D eigenvalue weighted by atomic mass is 16.2. The molecule has 29 heavy (non-hydrogen) atoms. The number of aromatic nitrogens is 1. The Kier molecular flexibility index (Phi) is 5.52. The van der Waals surface area contributed by atoms with Gasteiger partial charge in [-0.2, -0.15) is 5.10 Å². The molecule has 1 amide bonds. The molecule has 0 fully saturated rings. The lowest BCUT2D eigenvalue weighted by Gasteiger charge is -2.06. The van der Waals surface area contributed by atoms with Gasteiger partial charge in [0, 0.05) is 34.8 Å². The van der Waals surface area contributed by atoms with E-state index >= 15 is 0 Å². The van der Waals surface area contributed by atoms with E-state index in [0.717, 1.165) is 22.2 Å². The van der Waals surface area contributed by atoms with Gasteiger partial charge in [-0.25, -0.2) is 5.43 Å². The van der Waals surface area contributed by atoms with Gasteiger partial charge in [0.2, 0.25) is 5.91 Å². The van der Waals surface area contributed by atoms with Crippen molar-refractivity contribution in [2.45, 2.75) is 19.9 Å². The van der Waals surface area contributed by atoms with Crippen LogP contribution in [0.1, 0.15) is 18.9 Å².